The van der Waals surface area contributed by atoms with Gasteiger partial charge in [0.05, 0.1) is 0 Å². The zero-order valence-corrected chi connectivity index (χ0v) is 12.6. The van der Waals surface area contributed by atoms with Crippen molar-refractivity contribution in [1.82, 2.24) is 14.8 Å². The van der Waals surface area contributed by atoms with Crippen molar-refractivity contribution in [1.29, 1.82) is 0 Å². The molecule has 2 heterocycles. The molecule has 0 spiro atoms. The minimum Gasteiger partial charge on any atom is -0.316 e. The van der Waals surface area contributed by atoms with Crippen LogP contribution >= 0.6 is 11.3 Å². The Hall–Kier alpha value is -0.650. The van der Waals surface area contributed by atoms with Crippen LogP contribution in [0.15, 0.2) is 4.79 Å². The Labute approximate surface area is 113 Å². The second-order valence-electron chi connectivity index (χ2n) is 6.14. The van der Waals surface area contributed by atoms with Gasteiger partial charge in [0.1, 0.15) is 0 Å². The lowest BCUT2D eigenvalue weighted by Crippen LogP contribution is -2.44. The summed E-state index contributed by atoms with van der Waals surface area (Å²) in [6, 6.07) is 0. The molecule has 0 atom stereocenters. The molecule has 1 N–H and O–H groups in total. The van der Waals surface area contributed by atoms with Crippen molar-refractivity contribution in [2.75, 3.05) is 33.2 Å². The number of hydrogen-bond acceptors (Lipinski definition) is 4. The number of hydrogen-bond donors (Lipinski definition) is 1. The number of aromatic nitrogens is 1. The number of H-pyrrole nitrogens is 1. The molecule has 2 rings (SSSR count). The minimum atomic E-state index is 0.0150. The molecule has 0 saturated carbocycles. The summed E-state index contributed by atoms with van der Waals surface area (Å²) in [5.74, 6) is 0. The molecule has 1 saturated heterocycles. The third-order valence-electron chi connectivity index (χ3n) is 3.43. The fourth-order valence-corrected chi connectivity index (χ4v) is 3.37. The highest BCUT2D eigenvalue weighted by molar-refractivity contribution is 7.09. The van der Waals surface area contributed by atoms with E-state index >= 15 is 0 Å². The van der Waals surface area contributed by atoms with Crippen molar-refractivity contribution in [3.63, 3.8) is 0 Å². The highest BCUT2D eigenvalue weighted by atomic mass is 32.1. The number of aromatic amines is 1. The lowest BCUT2D eigenvalue weighted by atomic mass is 9.91. The first kappa shape index (κ1) is 13.8. The maximum atomic E-state index is 11.6. The van der Waals surface area contributed by atoms with E-state index in [0.717, 1.165) is 38.4 Å². The van der Waals surface area contributed by atoms with Gasteiger partial charge in [0.15, 0.2) is 0 Å². The Morgan fingerprint density at radius 2 is 1.83 bits per heavy atom. The van der Waals surface area contributed by atoms with Crippen LogP contribution in [0.5, 0.6) is 0 Å². The van der Waals surface area contributed by atoms with E-state index in [1.165, 1.54) is 16.2 Å². The number of likely N-dealkylation sites (N-methyl/N-ethyl adjacent to an activating group) is 1. The maximum Gasteiger partial charge on any atom is 0.305 e. The van der Waals surface area contributed by atoms with Crippen LogP contribution in [0.25, 0.3) is 0 Å². The Balaban J connectivity index is 2.12. The highest BCUT2D eigenvalue weighted by Crippen LogP contribution is 2.26. The van der Waals surface area contributed by atoms with E-state index in [1.54, 1.807) is 0 Å². The molecular formula is C13H23N3OS. The SMILES string of the molecule is CN1CCN(Cc2sc(=O)[nH]c2C(C)(C)C)CC1. The van der Waals surface area contributed by atoms with E-state index in [4.69, 9.17) is 0 Å². The zero-order valence-electron chi connectivity index (χ0n) is 11.7. The first-order chi connectivity index (χ1) is 8.36. The fraction of sp³-hybridized carbons (Fsp3) is 0.769. The molecule has 0 aromatic carbocycles. The monoisotopic (exact) mass is 269 g/mol. The van der Waals surface area contributed by atoms with Gasteiger partial charge in [0.25, 0.3) is 0 Å². The average Bonchev–Trinajstić information content (AvgIpc) is 2.63. The molecule has 0 amide bonds. The Kier molecular flexibility index (Phi) is 3.94. The normalized spacial score (nSPS) is 19.3. The van der Waals surface area contributed by atoms with Gasteiger partial charge in [-0.05, 0) is 7.05 Å². The van der Waals surface area contributed by atoms with E-state index in [-0.39, 0.29) is 10.3 Å². The molecule has 4 nitrogen and oxygen atoms in total. The number of rotatable bonds is 2. The van der Waals surface area contributed by atoms with Gasteiger partial charge in [-0.2, -0.15) is 0 Å². The molecule has 0 aliphatic carbocycles. The van der Waals surface area contributed by atoms with Crippen molar-refractivity contribution >= 4 is 11.3 Å². The molecule has 1 aromatic rings. The van der Waals surface area contributed by atoms with E-state index in [2.05, 4.69) is 42.6 Å². The van der Waals surface area contributed by atoms with Gasteiger partial charge in [0.2, 0.25) is 0 Å². The van der Waals surface area contributed by atoms with Gasteiger partial charge in [-0.15, -0.1) is 0 Å². The van der Waals surface area contributed by atoms with Crippen LogP contribution in [0.1, 0.15) is 31.3 Å². The van der Waals surface area contributed by atoms with Crippen LogP contribution in [0.4, 0.5) is 0 Å². The third kappa shape index (κ3) is 3.22. The van der Waals surface area contributed by atoms with Crippen LogP contribution in [0.2, 0.25) is 0 Å². The molecule has 1 fully saturated rings. The maximum absolute atomic E-state index is 11.6. The highest BCUT2D eigenvalue weighted by Gasteiger charge is 2.23. The van der Waals surface area contributed by atoms with Crippen LogP contribution < -0.4 is 4.87 Å². The van der Waals surface area contributed by atoms with Crippen LogP contribution in [-0.2, 0) is 12.0 Å². The predicted molar refractivity (Wildman–Crippen MR) is 76.4 cm³/mol. The van der Waals surface area contributed by atoms with Crippen molar-refractivity contribution in [3.05, 3.63) is 20.2 Å². The van der Waals surface area contributed by atoms with Gasteiger partial charge >= 0.3 is 4.87 Å². The summed E-state index contributed by atoms with van der Waals surface area (Å²) in [4.78, 5) is 20.7. The van der Waals surface area contributed by atoms with Gasteiger partial charge < -0.3 is 9.88 Å². The number of nitrogens with zero attached hydrogens (tertiary/aromatic N) is 2. The molecule has 18 heavy (non-hydrogen) atoms. The quantitative estimate of drug-likeness (QED) is 0.884. The summed E-state index contributed by atoms with van der Waals surface area (Å²) < 4.78 is 0. The predicted octanol–water partition coefficient (Wildman–Crippen LogP) is 1.48. The van der Waals surface area contributed by atoms with Crippen molar-refractivity contribution < 1.29 is 0 Å². The average molecular weight is 269 g/mol. The number of piperazine rings is 1. The minimum absolute atomic E-state index is 0.0150. The smallest absolute Gasteiger partial charge is 0.305 e. The molecule has 1 aromatic heterocycles. The first-order valence-corrected chi connectivity index (χ1v) is 7.31. The van der Waals surface area contributed by atoms with E-state index < -0.39 is 0 Å². The first-order valence-electron chi connectivity index (χ1n) is 6.49. The number of thiazole rings is 1. The lowest BCUT2D eigenvalue weighted by molar-refractivity contribution is 0.148. The summed E-state index contributed by atoms with van der Waals surface area (Å²) in [5.41, 5.74) is 1.12. The van der Waals surface area contributed by atoms with Crippen LogP contribution in [0.3, 0.4) is 0 Å². The van der Waals surface area contributed by atoms with E-state index in [9.17, 15) is 4.79 Å². The molecule has 1 aliphatic heterocycles. The van der Waals surface area contributed by atoms with Gasteiger partial charge in [0, 0.05) is 48.7 Å². The van der Waals surface area contributed by atoms with Crippen LogP contribution in [-0.4, -0.2) is 48.0 Å². The molecule has 0 bridgehead atoms. The third-order valence-corrected chi connectivity index (χ3v) is 4.30. The summed E-state index contributed by atoms with van der Waals surface area (Å²) in [7, 11) is 2.16. The second-order valence-corrected chi connectivity index (χ2v) is 7.21. The van der Waals surface area contributed by atoms with E-state index in [1.807, 2.05) is 0 Å². The van der Waals surface area contributed by atoms with E-state index in [0.29, 0.717) is 0 Å². The molecule has 0 unspecified atom stereocenters. The summed E-state index contributed by atoms with van der Waals surface area (Å²) >= 11 is 1.37. The topological polar surface area (TPSA) is 39.3 Å². The van der Waals surface area contributed by atoms with Crippen LogP contribution in [0, 0.1) is 0 Å². The molecule has 1 aliphatic rings. The van der Waals surface area contributed by atoms with Gasteiger partial charge in [-0.3, -0.25) is 9.69 Å². The second kappa shape index (κ2) is 5.15. The summed E-state index contributed by atoms with van der Waals surface area (Å²) in [6.45, 7) is 11.8. The molecule has 0 radical (unpaired) electrons. The Morgan fingerprint density at radius 1 is 1.22 bits per heavy atom. The molecule has 102 valence electrons. The van der Waals surface area contributed by atoms with Crippen molar-refractivity contribution in [2.24, 2.45) is 0 Å². The standard InChI is InChI=1S/C13H23N3OS/c1-13(2,3)11-10(18-12(17)14-11)9-16-7-5-15(4)6-8-16/h5-9H2,1-4H3,(H,14,17). The lowest BCUT2D eigenvalue weighted by Gasteiger charge is -2.32. The molecule has 5 heteroatoms. The van der Waals surface area contributed by atoms with Gasteiger partial charge in [-0.1, -0.05) is 32.1 Å². The zero-order chi connectivity index (χ0) is 13.3. The van der Waals surface area contributed by atoms with Gasteiger partial charge in [-0.25, -0.2) is 0 Å². The summed E-state index contributed by atoms with van der Waals surface area (Å²) in [5, 5.41) is 0. The Morgan fingerprint density at radius 3 is 2.39 bits per heavy atom. The fourth-order valence-electron chi connectivity index (χ4n) is 2.29. The number of nitrogens with one attached hydrogen (secondary N) is 1. The Bertz CT molecular complexity index is 450. The summed E-state index contributed by atoms with van der Waals surface area (Å²) in [6.07, 6.45) is 0. The largest absolute Gasteiger partial charge is 0.316 e. The van der Waals surface area contributed by atoms with Crippen molar-refractivity contribution in [2.45, 2.75) is 32.7 Å². The van der Waals surface area contributed by atoms with Crippen molar-refractivity contribution in [3.8, 4) is 0 Å². The molecular weight excluding hydrogens is 246 g/mol.